The van der Waals surface area contributed by atoms with Gasteiger partial charge in [-0.25, -0.2) is 0 Å². The Morgan fingerprint density at radius 1 is 1.17 bits per heavy atom. The van der Waals surface area contributed by atoms with Gasteiger partial charge in [-0.05, 0) is 23.8 Å². The van der Waals surface area contributed by atoms with Crippen LogP contribution in [-0.2, 0) is 20.7 Å². The molecule has 0 saturated heterocycles. The topological polar surface area (TPSA) is 59.8 Å². The van der Waals surface area contributed by atoms with Crippen molar-refractivity contribution in [2.45, 2.75) is 19.4 Å². The molecule has 1 aromatic heterocycles. The number of hydrogen-bond acceptors (Lipinski definition) is 4. The van der Waals surface area contributed by atoms with E-state index in [0.29, 0.717) is 0 Å². The number of carbonyl (C=O) groups is 2. The highest BCUT2D eigenvalue weighted by Crippen LogP contribution is 2.30. The normalized spacial score (nSPS) is 12.3. The van der Waals surface area contributed by atoms with Crippen LogP contribution in [-0.4, -0.2) is 37.0 Å². The number of rotatable bonds is 4. The van der Waals surface area contributed by atoms with Crippen LogP contribution in [0.4, 0.5) is 0 Å². The molecule has 24 heavy (non-hydrogen) atoms. The molecule has 2 aromatic carbocycles. The first-order valence-electron chi connectivity index (χ1n) is 7.76. The highest BCUT2D eigenvalue weighted by Gasteiger charge is 2.21. The molecule has 0 aliphatic rings. The summed E-state index contributed by atoms with van der Waals surface area (Å²) in [4.78, 5) is 25.4. The van der Waals surface area contributed by atoms with Crippen molar-refractivity contribution in [3.63, 3.8) is 0 Å². The standard InChI is InChI=1S/C19H19NO4/c1-12(19(22)20(2)3)24-17(21)10-14-11-23-16-9-8-13-6-4-5-7-15(13)18(14)16/h4-9,11-12H,10H2,1-3H3/t12-/m0/s1. The van der Waals surface area contributed by atoms with Gasteiger partial charge in [0.25, 0.3) is 5.91 Å². The molecule has 3 aromatic rings. The van der Waals surface area contributed by atoms with E-state index < -0.39 is 12.1 Å². The van der Waals surface area contributed by atoms with E-state index in [9.17, 15) is 9.59 Å². The summed E-state index contributed by atoms with van der Waals surface area (Å²) in [7, 11) is 3.25. The molecule has 1 heterocycles. The lowest BCUT2D eigenvalue weighted by Crippen LogP contribution is -2.35. The van der Waals surface area contributed by atoms with Crippen molar-refractivity contribution in [1.29, 1.82) is 0 Å². The van der Waals surface area contributed by atoms with Gasteiger partial charge in [-0.3, -0.25) is 9.59 Å². The lowest BCUT2D eigenvalue weighted by atomic mass is 10.0. The van der Waals surface area contributed by atoms with E-state index in [4.69, 9.17) is 9.15 Å². The smallest absolute Gasteiger partial charge is 0.311 e. The fourth-order valence-electron chi connectivity index (χ4n) is 2.81. The Bertz CT molecular complexity index is 910. The molecule has 0 radical (unpaired) electrons. The van der Waals surface area contributed by atoms with Crippen molar-refractivity contribution in [3.05, 3.63) is 48.2 Å². The SMILES string of the molecule is C[C@H](OC(=O)Cc1coc2ccc3ccccc3c12)C(=O)N(C)C. The molecule has 5 heteroatoms. The summed E-state index contributed by atoms with van der Waals surface area (Å²) in [6.07, 6.45) is 0.838. The average Bonchev–Trinajstić information content (AvgIpc) is 2.97. The zero-order chi connectivity index (χ0) is 17.3. The van der Waals surface area contributed by atoms with E-state index in [1.165, 1.54) is 4.90 Å². The largest absolute Gasteiger partial charge is 0.464 e. The van der Waals surface area contributed by atoms with Crippen LogP contribution in [0, 0.1) is 0 Å². The van der Waals surface area contributed by atoms with Crippen molar-refractivity contribution >= 4 is 33.6 Å². The average molecular weight is 325 g/mol. The van der Waals surface area contributed by atoms with Crippen LogP contribution in [0.2, 0.25) is 0 Å². The Morgan fingerprint density at radius 2 is 1.92 bits per heavy atom. The fraction of sp³-hybridized carbons (Fsp3) is 0.263. The van der Waals surface area contributed by atoms with Crippen molar-refractivity contribution in [2.75, 3.05) is 14.1 Å². The summed E-state index contributed by atoms with van der Waals surface area (Å²) in [6.45, 7) is 1.57. The number of carbonyl (C=O) groups excluding carboxylic acids is 2. The Kier molecular flexibility index (Phi) is 4.25. The number of fused-ring (bicyclic) bond motifs is 3. The number of hydrogen-bond donors (Lipinski definition) is 0. The zero-order valence-corrected chi connectivity index (χ0v) is 13.9. The molecule has 5 nitrogen and oxygen atoms in total. The van der Waals surface area contributed by atoms with Crippen LogP contribution in [0.5, 0.6) is 0 Å². The minimum absolute atomic E-state index is 0.0616. The number of esters is 1. The molecule has 0 spiro atoms. The summed E-state index contributed by atoms with van der Waals surface area (Å²) < 4.78 is 10.8. The van der Waals surface area contributed by atoms with Crippen LogP contribution >= 0.6 is 0 Å². The van der Waals surface area contributed by atoms with Gasteiger partial charge in [0.1, 0.15) is 5.58 Å². The van der Waals surface area contributed by atoms with E-state index in [2.05, 4.69) is 0 Å². The molecule has 0 N–H and O–H groups in total. The molecule has 0 fully saturated rings. The third-order valence-corrected chi connectivity index (χ3v) is 3.97. The number of nitrogens with zero attached hydrogens (tertiary/aromatic N) is 1. The Balaban J connectivity index is 1.86. The van der Waals surface area contributed by atoms with Gasteiger partial charge in [-0.2, -0.15) is 0 Å². The number of amides is 1. The molecule has 1 amide bonds. The Morgan fingerprint density at radius 3 is 2.67 bits per heavy atom. The first-order chi connectivity index (χ1) is 11.5. The van der Waals surface area contributed by atoms with Crippen molar-refractivity contribution < 1.29 is 18.7 Å². The van der Waals surface area contributed by atoms with E-state index >= 15 is 0 Å². The molecule has 3 rings (SSSR count). The van der Waals surface area contributed by atoms with E-state index in [-0.39, 0.29) is 12.3 Å². The van der Waals surface area contributed by atoms with Gasteiger partial charge in [-0.15, -0.1) is 0 Å². The lowest BCUT2D eigenvalue weighted by Gasteiger charge is -2.17. The maximum atomic E-state index is 12.2. The monoisotopic (exact) mass is 325 g/mol. The summed E-state index contributed by atoms with van der Waals surface area (Å²) in [5.41, 5.74) is 1.49. The molecular weight excluding hydrogens is 306 g/mol. The van der Waals surface area contributed by atoms with Gasteiger partial charge in [-0.1, -0.05) is 30.3 Å². The molecule has 1 atom stereocenters. The van der Waals surface area contributed by atoms with E-state index in [1.807, 2.05) is 36.4 Å². The number of likely N-dealkylation sites (N-methyl/N-ethyl adjacent to an activating group) is 1. The van der Waals surface area contributed by atoms with Gasteiger partial charge < -0.3 is 14.1 Å². The van der Waals surface area contributed by atoms with E-state index in [1.54, 1.807) is 27.3 Å². The summed E-state index contributed by atoms with van der Waals surface area (Å²) in [5, 5.41) is 3.03. The number of ether oxygens (including phenoxy) is 1. The highest BCUT2D eigenvalue weighted by atomic mass is 16.5. The van der Waals surface area contributed by atoms with Gasteiger partial charge >= 0.3 is 5.97 Å². The molecule has 0 aliphatic carbocycles. The Labute approximate surface area is 139 Å². The van der Waals surface area contributed by atoms with Crippen molar-refractivity contribution in [2.24, 2.45) is 0 Å². The summed E-state index contributed by atoms with van der Waals surface area (Å²) >= 11 is 0. The van der Waals surface area contributed by atoms with Crippen molar-refractivity contribution in [3.8, 4) is 0 Å². The predicted octanol–water partition coefficient (Wildman–Crippen LogP) is 3.15. The van der Waals surface area contributed by atoms with Crippen LogP contribution in [0.3, 0.4) is 0 Å². The second kappa shape index (κ2) is 6.35. The molecule has 0 aliphatic heterocycles. The molecule has 0 unspecified atom stereocenters. The van der Waals surface area contributed by atoms with Crippen molar-refractivity contribution in [1.82, 2.24) is 4.90 Å². The lowest BCUT2D eigenvalue weighted by molar-refractivity contribution is -0.157. The molecular formula is C19H19NO4. The zero-order valence-electron chi connectivity index (χ0n) is 13.9. The first-order valence-corrected chi connectivity index (χ1v) is 7.76. The van der Waals surface area contributed by atoms with Gasteiger partial charge in [0, 0.05) is 25.0 Å². The summed E-state index contributed by atoms with van der Waals surface area (Å²) in [6, 6.07) is 11.8. The maximum absolute atomic E-state index is 12.2. The fourth-order valence-corrected chi connectivity index (χ4v) is 2.81. The first kappa shape index (κ1) is 16.1. The summed E-state index contributed by atoms with van der Waals surface area (Å²) in [5.74, 6) is -0.695. The third-order valence-electron chi connectivity index (χ3n) is 3.97. The molecule has 124 valence electrons. The van der Waals surface area contributed by atoms with Crippen LogP contribution in [0.15, 0.2) is 47.1 Å². The van der Waals surface area contributed by atoms with Gasteiger partial charge in [0.15, 0.2) is 6.10 Å². The Hall–Kier alpha value is -2.82. The number of furan rings is 1. The molecule has 0 saturated carbocycles. The quantitative estimate of drug-likeness (QED) is 0.691. The van der Waals surface area contributed by atoms with Gasteiger partial charge in [0.2, 0.25) is 0 Å². The third kappa shape index (κ3) is 2.97. The number of benzene rings is 2. The second-order valence-electron chi connectivity index (χ2n) is 5.96. The second-order valence-corrected chi connectivity index (χ2v) is 5.96. The minimum Gasteiger partial charge on any atom is -0.464 e. The van der Waals surface area contributed by atoms with E-state index in [0.717, 1.165) is 27.3 Å². The van der Waals surface area contributed by atoms with Crippen LogP contribution < -0.4 is 0 Å². The van der Waals surface area contributed by atoms with Gasteiger partial charge in [0.05, 0.1) is 12.7 Å². The maximum Gasteiger partial charge on any atom is 0.311 e. The minimum atomic E-state index is -0.803. The van der Waals surface area contributed by atoms with Crippen LogP contribution in [0.1, 0.15) is 12.5 Å². The highest BCUT2D eigenvalue weighted by molar-refractivity contribution is 6.08. The predicted molar refractivity (Wildman–Crippen MR) is 91.7 cm³/mol. The van der Waals surface area contributed by atoms with Crippen LogP contribution in [0.25, 0.3) is 21.7 Å². The molecule has 0 bridgehead atoms.